The number of nitrogens with one attached hydrogen (secondary N) is 1. The maximum absolute atomic E-state index is 13.3. The van der Waals surface area contributed by atoms with E-state index in [0.717, 1.165) is 22.6 Å². The van der Waals surface area contributed by atoms with Crippen LogP contribution in [0.25, 0.3) is 0 Å². The third-order valence-corrected chi connectivity index (χ3v) is 5.47. The molecular weight excluding hydrogens is 417 g/mol. The molecule has 0 unspecified atom stereocenters. The van der Waals surface area contributed by atoms with Gasteiger partial charge in [0.25, 0.3) is 5.22 Å². The van der Waals surface area contributed by atoms with E-state index in [0.29, 0.717) is 17.5 Å². The number of benzene rings is 2. The molecule has 0 aliphatic carbocycles. The van der Waals surface area contributed by atoms with E-state index in [-0.39, 0.29) is 23.4 Å². The van der Waals surface area contributed by atoms with Gasteiger partial charge >= 0.3 is 0 Å². The summed E-state index contributed by atoms with van der Waals surface area (Å²) in [6.45, 7) is 1.99. The van der Waals surface area contributed by atoms with Crippen LogP contribution in [0.3, 0.4) is 0 Å². The number of amides is 1. The smallest absolute Gasteiger partial charge is 0.277 e. The molecule has 4 rings (SSSR count). The molecule has 4 aromatic rings. The van der Waals surface area contributed by atoms with Crippen molar-refractivity contribution in [1.82, 2.24) is 10.2 Å². The van der Waals surface area contributed by atoms with Crippen LogP contribution in [0.4, 0.5) is 10.1 Å². The predicted octanol–water partition coefficient (Wildman–Crippen LogP) is 5.22. The highest BCUT2D eigenvalue weighted by atomic mass is 32.2. The Labute approximate surface area is 182 Å². The maximum atomic E-state index is 13.3. The summed E-state index contributed by atoms with van der Waals surface area (Å²) < 4.78 is 24.6. The van der Waals surface area contributed by atoms with Gasteiger partial charge in [0.15, 0.2) is 0 Å². The first-order chi connectivity index (χ1) is 15.1. The first-order valence-electron chi connectivity index (χ1n) is 9.67. The standard InChI is InChI=1S/C23H20FN3O3S/c1-15-4-10-18(11-5-15)25-21(28)14-31-23-27-26-22(30-23)13-19(20-3-2-12-29-20)16-6-8-17(24)9-7-16/h2-12,19H,13-14H2,1H3,(H,25,28)/t19-/m1/s1. The minimum absolute atomic E-state index is 0.148. The van der Waals surface area contributed by atoms with Gasteiger partial charge in [0.2, 0.25) is 11.8 Å². The SMILES string of the molecule is Cc1ccc(NC(=O)CSc2nnc(C[C@H](c3ccc(F)cc3)c3ccco3)o2)cc1. The normalized spacial score (nSPS) is 11.9. The lowest BCUT2D eigenvalue weighted by Crippen LogP contribution is -2.13. The molecule has 0 radical (unpaired) electrons. The Hall–Kier alpha value is -3.39. The number of halogens is 1. The van der Waals surface area contributed by atoms with Crippen LogP contribution in [0.1, 0.15) is 28.7 Å². The Kier molecular flexibility index (Phi) is 6.47. The van der Waals surface area contributed by atoms with Crippen molar-refractivity contribution in [2.75, 3.05) is 11.1 Å². The van der Waals surface area contributed by atoms with Crippen LogP contribution in [-0.2, 0) is 11.2 Å². The minimum atomic E-state index is -0.303. The number of carbonyl (C=O) groups excluding carboxylic acids is 1. The van der Waals surface area contributed by atoms with Gasteiger partial charge in [0.1, 0.15) is 11.6 Å². The Morgan fingerprint density at radius 3 is 2.58 bits per heavy atom. The molecule has 31 heavy (non-hydrogen) atoms. The number of anilines is 1. The van der Waals surface area contributed by atoms with Gasteiger partial charge in [-0.2, -0.15) is 0 Å². The summed E-state index contributed by atoms with van der Waals surface area (Å²) in [6.07, 6.45) is 1.98. The van der Waals surface area contributed by atoms with Gasteiger partial charge in [-0.1, -0.05) is 41.6 Å². The number of furan rings is 1. The number of aryl methyl sites for hydroxylation is 1. The number of rotatable bonds is 8. The molecule has 1 amide bonds. The quantitative estimate of drug-likeness (QED) is 0.381. The molecule has 2 heterocycles. The van der Waals surface area contributed by atoms with E-state index in [1.54, 1.807) is 24.5 Å². The highest BCUT2D eigenvalue weighted by Crippen LogP contribution is 2.29. The molecule has 0 saturated carbocycles. The zero-order valence-corrected chi connectivity index (χ0v) is 17.6. The number of carbonyl (C=O) groups is 1. The zero-order chi connectivity index (χ0) is 21.6. The maximum Gasteiger partial charge on any atom is 0.277 e. The molecule has 158 valence electrons. The fourth-order valence-corrected chi connectivity index (χ4v) is 3.66. The van der Waals surface area contributed by atoms with E-state index in [1.807, 2.05) is 37.3 Å². The van der Waals surface area contributed by atoms with E-state index in [4.69, 9.17) is 8.83 Å². The van der Waals surface area contributed by atoms with Gasteiger partial charge in [0.05, 0.1) is 17.9 Å². The third-order valence-electron chi connectivity index (χ3n) is 4.65. The molecular formula is C23H20FN3O3S. The Bertz CT molecular complexity index is 1130. The number of thioether (sulfide) groups is 1. The summed E-state index contributed by atoms with van der Waals surface area (Å²) in [6, 6.07) is 17.5. The molecule has 6 nitrogen and oxygen atoms in total. The number of aromatic nitrogens is 2. The Morgan fingerprint density at radius 2 is 1.87 bits per heavy atom. The predicted molar refractivity (Wildman–Crippen MR) is 115 cm³/mol. The lowest BCUT2D eigenvalue weighted by Gasteiger charge is -2.13. The van der Waals surface area contributed by atoms with Crippen molar-refractivity contribution in [1.29, 1.82) is 0 Å². The summed E-state index contributed by atoms with van der Waals surface area (Å²) in [5.74, 6) is 0.618. The second kappa shape index (κ2) is 9.61. The monoisotopic (exact) mass is 437 g/mol. The van der Waals surface area contributed by atoms with Gasteiger partial charge in [-0.25, -0.2) is 4.39 Å². The molecule has 0 saturated heterocycles. The molecule has 2 aromatic heterocycles. The van der Waals surface area contributed by atoms with Crippen molar-refractivity contribution in [3.63, 3.8) is 0 Å². The highest BCUT2D eigenvalue weighted by molar-refractivity contribution is 7.99. The number of nitrogens with zero attached hydrogens (tertiary/aromatic N) is 2. The van der Waals surface area contributed by atoms with E-state index >= 15 is 0 Å². The van der Waals surface area contributed by atoms with Crippen LogP contribution in [-0.4, -0.2) is 21.9 Å². The highest BCUT2D eigenvalue weighted by Gasteiger charge is 2.21. The molecule has 0 spiro atoms. The van der Waals surface area contributed by atoms with Crippen molar-refractivity contribution < 1.29 is 18.0 Å². The molecule has 1 atom stereocenters. The first kappa shape index (κ1) is 20.9. The average Bonchev–Trinajstić information content (AvgIpc) is 3.45. The average molecular weight is 437 g/mol. The van der Waals surface area contributed by atoms with Gasteiger partial charge in [-0.15, -0.1) is 10.2 Å². The van der Waals surface area contributed by atoms with Crippen molar-refractivity contribution in [3.05, 3.63) is 95.5 Å². The van der Waals surface area contributed by atoms with Crippen LogP contribution in [0, 0.1) is 12.7 Å². The Balaban J connectivity index is 1.38. The zero-order valence-electron chi connectivity index (χ0n) is 16.7. The van der Waals surface area contributed by atoms with Crippen molar-refractivity contribution >= 4 is 23.4 Å². The fourth-order valence-electron chi connectivity index (χ4n) is 3.08. The topological polar surface area (TPSA) is 81.2 Å². The summed E-state index contributed by atoms with van der Waals surface area (Å²) in [5.41, 5.74) is 2.74. The largest absolute Gasteiger partial charge is 0.469 e. The molecule has 1 N–H and O–H groups in total. The van der Waals surface area contributed by atoms with Gasteiger partial charge in [0, 0.05) is 12.1 Å². The van der Waals surface area contributed by atoms with Crippen LogP contribution in [0.2, 0.25) is 0 Å². The lowest BCUT2D eigenvalue weighted by molar-refractivity contribution is -0.113. The van der Waals surface area contributed by atoms with Crippen molar-refractivity contribution in [2.45, 2.75) is 24.5 Å². The summed E-state index contributed by atoms with van der Waals surface area (Å²) in [7, 11) is 0. The third kappa shape index (κ3) is 5.61. The van der Waals surface area contributed by atoms with Gasteiger partial charge in [-0.05, 0) is 48.9 Å². The van der Waals surface area contributed by atoms with Crippen molar-refractivity contribution in [2.24, 2.45) is 0 Å². The lowest BCUT2D eigenvalue weighted by atomic mass is 9.93. The second-order valence-corrected chi connectivity index (χ2v) is 7.91. The van der Waals surface area contributed by atoms with Crippen LogP contribution in [0.15, 0.2) is 81.0 Å². The van der Waals surface area contributed by atoms with Gasteiger partial charge in [-0.3, -0.25) is 4.79 Å². The van der Waals surface area contributed by atoms with Crippen molar-refractivity contribution in [3.8, 4) is 0 Å². The minimum Gasteiger partial charge on any atom is -0.469 e. The number of hydrogen-bond acceptors (Lipinski definition) is 6. The summed E-state index contributed by atoms with van der Waals surface area (Å²) in [5, 5.41) is 11.3. The molecule has 8 heteroatoms. The van der Waals surface area contributed by atoms with E-state index < -0.39 is 0 Å². The van der Waals surface area contributed by atoms with E-state index in [2.05, 4.69) is 15.5 Å². The summed E-state index contributed by atoms with van der Waals surface area (Å²) >= 11 is 1.17. The van der Waals surface area contributed by atoms with Crippen LogP contribution < -0.4 is 5.32 Å². The van der Waals surface area contributed by atoms with Gasteiger partial charge < -0.3 is 14.2 Å². The molecule has 2 aromatic carbocycles. The fraction of sp³-hybridized carbons (Fsp3) is 0.174. The van der Waals surface area contributed by atoms with Crippen LogP contribution >= 0.6 is 11.8 Å². The summed E-state index contributed by atoms with van der Waals surface area (Å²) in [4.78, 5) is 12.2. The molecule has 0 aliphatic heterocycles. The van der Waals surface area contributed by atoms with Crippen LogP contribution in [0.5, 0.6) is 0 Å². The molecule has 0 bridgehead atoms. The van der Waals surface area contributed by atoms with E-state index in [9.17, 15) is 9.18 Å². The van der Waals surface area contributed by atoms with E-state index in [1.165, 1.54) is 23.9 Å². The molecule has 0 fully saturated rings. The second-order valence-electron chi connectivity index (χ2n) is 6.99. The Morgan fingerprint density at radius 1 is 1.10 bits per heavy atom. The number of hydrogen-bond donors (Lipinski definition) is 1. The molecule has 0 aliphatic rings. The first-order valence-corrected chi connectivity index (χ1v) is 10.7.